The van der Waals surface area contributed by atoms with E-state index < -0.39 is 0 Å². The number of aromatic nitrogens is 4. The lowest BCUT2D eigenvalue weighted by molar-refractivity contribution is 0.311. The van der Waals surface area contributed by atoms with Gasteiger partial charge in [-0.2, -0.15) is 9.97 Å². The summed E-state index contributed by atoms with van der Waals surface area (Å²) >= 11 is 1.60. The smallest absolute Gasteiger partial charge is 0.325 e. The second kappa shape index (κ2) is 9.09. The topological polar surface area (TPSA) is 82.2 Å². The number of aromatic amines is 1. The molecule has 35 heavy (non-hydrogen) atoms. The largest absolute Gasteiger partial charge is 0.424 e. The molecule has 0 radical (unpaired) electrons. The van der Waals surface area contributed by atoms with Crippen molar-refractivity contribution in [3.63, 3.8) is 0 Å². The maximum absolute atomic E-state index is 14.7. The summed E-state index contributed by atoms with van der Waals surface area (Å²) in [5.41, 5.74) is 1.36. The van der Waals surface area contributed by atoms with Crippen LogP contribution in [0.15, 0.2) is 30.5 Å². The molecule has 1 saturated heterocycles. The molecule has 0 aliphatic carbocycles. The van der Waals surface area contributed by atoms with E-state index in [9.17, 15) is 4.39 Å². The maximum Gasteiger partial charge on any atom is 0.325 e. The molecular formula is C25H30FN7OS. The molecule has 1 aliphatic heterocycles. The molecule has 184 valence electrons. The van der Waals surface area contributed by atoms with Crippen molar-refractivity contribution < 1.29 is 9.13 Å². The third kappa shape index (κ3) is 5.23. The van der Waals surface area contributed by atoms with Gasteiger partial charge in [-0.1, -0.05) is 20.8 Å². The number of rotatable bonds is 5. The lowest BCUT2D eigenvalue weighted by Crippen LogP contribution is -2.44. The van der Waals surface area contributed by atoms with E-state index in [-0.39, 0.29) is 17.2 Å². The Hall–Kier alpha value is -3.24. The molecule has 10 heteroatoms. The zero-order valence-electron chi connectivity index (χ0n) is 20.6. The number of likely N-dealkylation sites (N-methyl/N-ethyl adjacent to an activating group) is 1. The first-order valence-corrected chi connectivity index (χ1v) is 12.5. The van der Waals surface area contributed by atoms with Crippen LogP contribution in [0.4, 0.5) is 21.2 Å². The number of thiazole rings is 1. The van der Waals surface area contributed by atoms with Crippen molar-refractivity contribution >= 4 is 39.0 Å². The molecular weight excluding hydrogens is 465 g/mol. The SMILES string of the molecule is Cc1cc2cc(Oc3nc(Nc4ncc(C(C)(C)C)s4)cc(N4CCN(C)CC4)n3)cc(F)c2[nH]1. The van der Waals surface area contributed by atoms with Gasteiger partial charge in [-0.3, -0.25) is 0 Å². The lowest BCUT2D eigenvalue weighted by Gasteiger charge is -2.33. The zero-order valence-corrected chi connectivity index (χ0v) is 21.5. The number of nitrogens with zero attached hydrogens (tertiary/aromatic N) is 5. The molecule has 4 aromatic rings. The van der Waals surface area contributed by atoms with Crippen molar-refractivity contribution in [1.29, 1.82) is 0 Å². The van der Waals surface area contributed by atoms with Crippen molar-refractivity contribution in [2.24, 2.45) is 0 Å². The van der Waals surface area contributed by atoms with Crippen LogP contribution in [-0.4, -0.2) is 58.1 Å². The Balaban J connectivity index is 1.47. The minimum Gasteiger partial charge on any atom is -0.424 e. The van der Waals surface area contributed by atoms with Gasteiger partial charge in [-0.05, 0) is 31.5 Å². The van der Waals surface area contributed by atoms with E-state index in [1.54, 1.807) is 17.4 Å². The highest BCUT2D eigenvalue weighted by Gasteiger charge is 2.20. The van der Waals surface area contributed by atoms with Crippen LogP contribution in [0.3, 0.4) is 0 Å². The molecule has 1 aromatic carbocycles. The highest BCUT2D eigenvalue weighted by atomic mass is 32.1. The Morgan fingerprint density at radius 3 is 2.57 bits per heavy atom. The van der Waals surface area contributed by atoms with Crippen LogP contribution < -0.4 is 15.0 Å². The van der Waals surface area contributed by atoms with Crippen LogP contribution in [-0.2, 0) is 5.41 Å². The monoisotopic (exact) mass is 495 g/mol. The summed E-state index contributed by atoms with van der Waals surface area (Å²) in [6, 6.07) is 7.10. The quantitative estimate of drug-likeness (QED) is 0.381. The van der Waals surface area contributed by atoms with E-state index in [0.717, 1.165) is 48.2 Å². The minimum atomic E-state index is -0.378. The van der Waals surface area contributed by atoms with Gasteiger partial charge in [0.15, 0.2) is 10.9 Å². The zero-order chi connectivity index (χ0) is 24.7. The van der Waals surface area contributed by atoms with Gasteiger partial charge in [0.2, 0.25) is 0 Å². The summed E-state index contributed by atoms with van der Waals surface area (Å²) in [5, 5.41) is 4.80. The molecule has 4 heterocycles. The number of fused-ring (bicyclic) bond motifs is 1. The lowest BCUT2D eigenvalue weighted by atomic mass is 9.96. The van der Waals surface area contributed by atoms with Gasteiger partial charge < -0.3 is 24.8 Å². The van der Waals surface area contributed by atoms with Crippen molar-refractivity contribution in [1.82, 2.24) is 24.8 Å². The van der Waals surface area contributed by atoms with Crippen molar-refractivity contribution in [3.8, 4) is 11.8 Å². The number of anilines is 3. The molecule has 5 rings (SSSR count). The van der Waals surface area contributed by atoms with Gasteiger partial charge in [0.1, 0.15) is 17.4 Å². The van der Waals surface area contributed by atoms with Gasteiger partial charge in [0.05, 0.1) is 5.52 Å². The summed E-state index contributed by atoms with van der Waals surface area (Å²) < 4.78 is 20.6. The number of halogens is 1. The summed E-state index contributed by atoms with van der Waals surface area (Å²) in [5.74, 6) is 1.31. The van der Waals surface area contributed by atoms with Crippen molar-refractivity contribution in [2.45, 2.75) is 33.1 Å². The van der Waals surface area contributed by atoms with Gasteiger partial charge in [0, 0.05) is 60.5 Å². The molecule has 0 saturated carbocycles. The first kappa shape index (κ1) is 23.5. The first-order valence-electron chi connectivity index (χ1n) is 11.7. The van der Waals surface area contributed by atoms with Crippen LogP contribution in [0.5, 0.6) is 11.8 Å². The fourth-order valence-corrected chi connectivity index (χ4v) is 4.87. The van der Waals surface area contributed by atoms with Gasteiger partial charge in [-0.15, -0.1) is 11.3 Å². The van der Waals surface area contributed by atoms with E-state index in [4.69, 9.17) is 4.74 Å². The van der Waals surface area contributed by atoms with Crippen LogP contribution in [0.2, 0.25) is 0 Å². The molecule has 8 nitrogen and oxygen atoms in total. The second-order valence-electron chi connectivity index (χ2n) is 10.0. The third-order valence-corrected chi connectivity index (χ3v) is 7.34. The van der Waals surface area contributed by atoms with Crippen molar-refractivity contribution in [2.75, 3.05) is 43.4 Å². The third-order valence-electron chi connectivity index (χ3n) is 6.00. The number of ether oxygens (including phenoxy) is 1. The maximum atomic E-state index is 14.7. The molecule has 1 fully saturated rings. The van der Waals surface area contributed by atoms with E-state index in [2.05, 4.69) is 62.9 Å². The highest BCUT2D eigenvalue weighted by molar-refractivity contribution is 7.15. The number of H-pyrrole nitrogens is 1. The van der Waals surface area contributed by atoms with Gasteiger partial charge >= 0.3 is 6.01 Å². The van der Waals surface area contributed by atoms with Crippen LogP contribution in [0.1, 0.15) is 31.3 Å². The van der Waals surface area contributed by atoms with E-state index in [1.807, 2.05) is 25.3 Å². The molecule has 1 aliphatic rings. The number of hydrogen-bond donors (Lipinski definition) is 2. The second-order valence-corrected chi connectivity index (χ2v) is 11.0. The Labute approximate surface area is 208 Å². The van der Waals surface area contributed by atoms with Gasteiger partial charge in [0.25, 0.3) is 0 Å². The van der Waals surface area contributed by atoms with Crippen LogP contribution in [0, 0.1) is 12.7 Å². The fourth-order valence-electron chi connectivity index (χ4n) is 3.99. The highest BCUT2D eigenvalue weighted by Crippen LogP contribution is 2.33. The summed E-state index contributed by atoms with van der Waals surface area (Å²) in [7, 11) is 2.11. The first-order chi connectivity index (χ1) is 16.6. The normalized spacial score (nSPS) is 15.1. The van der Waals surface area contributed by atoms with E-state index in [1.165, 1.54) is 10.9 Å². The predicted octanol–water partition coefficient (Wildman–Crippen LogP) is 5.45. The standard InChI is InChI=1S/C25H30FN7OS/c1-15-10-16-11-17(12-18(26)22(16)28-15)34-23-29-20(30-24-27-14-19(35-24)25(2,3)4)13-21(31-23)33-8-6-32(5)7-9-33/h10-14,28H,6-9H2,1-5H3,(H,27,29,30,31). The van der Waals surface area contributed by atoms with E-state index >= 15 is 0 Å². The number of benzene rings is 1. The number of piperazine rings is 1. The van der Waals surface area contributed by atoms with Crippen LogP contribution in [0.25, 0.3) is 10.9 Å². The van der Waals surface area contributed by atoms with E-state index in [0.29, 0.717) is 17.1 Å². The Bertz CT molecular complexity index is 1350. The summed E-state index contributed by atoms with van der Waals surface area (Å²) in [6.07, 6.45) is 1.89. The molecule has 0 amide bonds. The van der Waals surface area contributed by atoms with Crippen molar-refractivity contribution in [3.05, 3.63) is 46.9 Å². The molecule has 0 bridgehead atoms. The van der Waals surface area contributed by atoms with Gasteiger partial charge in [-0.25, -0.2) is 9.37 Å². The minimum absolute atomic E-state index is 0.0157. The fraction of sp³-hybridized carbons (Fsp3) is 0.400. The Kier molecular flexibility index (Phi) is 6.10. The molecule has 0 unspecified atom stereocenters. The molecule has 2 N–H and O–H groups in total. The Morgan fingerprint density at radius 1 is 1.09 bits per heavy atom. The predicted molar refractivity (Wildman–Crippen MR) is 139 cm³/mol. The Morgan fingerprint density at radius 2 is 1.86 bits per heavy atom. The number of hydrogen-bond acceptors (Lipinski definition) is 8. The molecule has 3 aromatic heterocycles. The summed E-state index contributed by atoms with van der Waals surface area (Å²) in [4.78, 5) is 22.5. The number of aryl methyl sites for hydroxylation is 1. The number of nitrogens with one attached hydrogen (secondary N) is 2. The molecule has 0 atom stereocenters. The molecule has 0 spiro atoms. The van der Waals surface area contributed by atoms with Crippen LogP contribution >= 0.6 is 11.3 Å². The average Bonchev–Trinajstić information content (AvgIpc) is 3.40. The average molecular weight is 496 g/mol. The summed E-state index contributed by atoms with van der Waals surface area (Å²) in [6.45, 7) is 12.0.